The molecule has 0 aromatic heterocycles. The molecule has 3 aromatic rings. The number of benzene rings is 3. The van der Waals surface area contributed by atoms with E-state index in [0.717, 1.165) is 22.6 Å². The van der Waals surface area contributed by atoms with Gasteiger partial charge in [0.05, 0.1) is 12.5 Å². The summed E-state index contributed by atoms with van der Waals surface area (Å²) in [5.41, 5.74) is 2.67. The Labute approximate surface area is 217 Å². The molecule has 3 amide bonds. The lowest BCUT2D eigenvalue weighted by Crippen LogP contribution is -2.51. The SMILES string of the molecule is COc1cccc(N2CCN(C(=O)CC3(c4ccc(-c5ccccc5)cc4)CC(=O)N(C)C3=O)CC2)c1. The summed E-state index contributed by atoms with van der Waals surface area (Å²) in [4.78, 5) is 44.8. The highest BCUT2D eigenvalue weighted by atomic mass is 16.5. The van der Waals surface area contributed by atoms with Gasteiger partial charge in [-0.05, 0) is 28.8 Å². The Morgan fingerprint density at radius 2 is 1.54 bits per heavy atom. The van der Waals surface area contributed by atoms with Crippen molar-refractivity contribution >= 4 is 23.4 Å². The molecule has 2 fully saturated rings. The summed E-state index contributed by atoms with van der Waals surface area (Å²) < 4.78 is 5.34. The Balaban J connectivity index is 1.34. The fraction of sp³-hybridized carbons (Fsp3) is 0.300. The van der Waals surface area contributed by atoms with Crippen LogP contribution in [0.1, 0.15) is 18.4 Å². The number of rotatable bonds is 6. The zero-order chi connectivity index (χ0) is 26.0. The molecule has 3 aromatic carbocycles. The van der Waals surface area contributed by atoms with Crippen LogP contribution in [0.2, 0.25) is 0 Å². The van der Waals surface area contributed by atoms with Crippen molar-refractivity contribution in [3.05, 3.63) is 84.4 Å². The third-order valence-corrected chi connectivity index (χ3v) is 7.59. The van der Waals surface area contributed by atoms with E-state index in [1.807, 2.05) is 83.8 Å². The monoisotopic (exact) mass is 497 g/mol. The lowest BCUT2D eigenvalue weighted by atomic mass is 9.75. The van der Waals surface area contributed by atoms with Crippen molar-refractivity contribution in [1.82, 2.24) is 9.80 Å². The number of methoxy groups -OCH3 is 1. The van der Waals surface area contributed by atoms with Gasteiger partial charge in [-0.25, -0.2) is 0 Å². The molecule has 7 heteroatoms. The maximum atomic E-state index is 13.5. The van der Waals surface area contributed by atoms with Crippen LogP contribution in [0.3, 0.4) is 0 Å². The smallest absolute Gasteiger partial charge is 0.240 e. The van der Waals surface area contributed by atoms with E-state index in [-0.39, 0.29) is 30.6 Å². The first-order valence-corrected chi connectivity index (χ1v) is 12.5. The van der Waals surface area contributed by atoms with Gasteiger partial charge >= 0.3 is 0 Å². The van der Waals surface area contributed by atoms with Gasteiger partial charge in [0.25, 0.3) is 0 Å². The topological polar surface area (TPSA) is 70.2 Å². The minimum Gasteiger partial charge on any atom is -0.497 e. The van der Waals surface area contributed by atoms with Gasteiger partial charge in [0.2, 0.25) is 17.7 Å². The lowest BCUT2D eigenvalue weighted by molar-refractivity contribution is -0.141. The van der Waals surface area contributed by atoms with Crippen molar-refractivity contribution in [2.24, 2.45) is 0 Å². The molecule has 0 radical (unpaired) electrons. The highest BCUT2D eigenvalue weighted by Crippen LogP contribution is 2.40. The summed E-state index contributed by atoms with van der Waals surface area (Å²) in [7, 11) is 3.15. The molecular weight excluding hydrogens is 466 g/mol. The quantitative estimate of drug-likeness (QED) is 0.486. The summed E-state index contributed by atoms with van der Waals surface area (Å²) >= 11 is 0. The first-order valence-electron chi connectivity index (χ1n) is 12.5. The molecular formula is C30H31N3O4. The normalized spacial score (nSPS) is 19.9. The van der Waals surface area contributed by atoms with Crippen LogP contribution in [0.15, 0.2) is 78.9 Å². The largest absolute Gasteiger partial charge is 0.497 e. The minimum absolute atomic E-state index is 0.00251. The Kier molecular flexibility index (Phi) is 6.70. The van der Waals surface area contributed by atoms with Crippen molar-refractivity contribution in [1.29, 1.82) is 0 Å². The van der Waals surface area contributed by atoms with Gasteiger partial charge in [0.15, 0.2) is 0 Å². The molecule has 2 aliphatic rings. The minimum atomic E-state index is -1.18. The van der Waals surface area contributed by atoms with Crippen LogP contribution >= 0.6 is 0 Å². The van der Waals surface area contributed by atoms with Gasteiger partial charge in [-0.15, -0.1) is 0 Å². The molecule has 190 valence electrons. The molecule has 0 spiro atoms. The summed E-state index contributed by atoms with van der Waals surface area (Å²) in [6, 6.07) is 25.6. The first kappa shape index (κ1) is 24.6. The molecule has 5 rings (SSSR count). The van der Waals surface area contributed by atoms with Crippen molar-refractivity contribution < 1.29 is 19.1 Å². The number of imide groups is 1. The molecule has 0 bridgehead atoms. The molecule has 2 heterocycles. The third-order valence-electron chi connectivity index (χ3n) is 7.59. The van der Waals surface area contributed by atoms with Crippen LogP contribution in [-0.2, 0) is 19.8 Å². The number of piperazine rings is 1. The maximum Gasteiger partial charge on any atom is 0.240 e. The predicted molar refractivity (Wildman–Crippen MR) is 142 cm³/mol. The summed E-state index contributed by atoms with van der Waals surface area (Å²) in [5, 5.41) is 0. The van der Waals surface area contributed by atoms with Gasteiger partial charge in [-0.2, -0.15) is 0 Å². The number of carbonyl (C=O) groups is 3. The van der Waals surface area contributed by atoms with Crippen LogP contribution in [0.25, 0.3) is 11.1 Å². The standard InChI is InChI=1S/C30H31N3O4/c1-31-27(34)20-30(29(31)36,24-13-11-23(12-14-24)22-7-4-3-5-8-22)21-28(35)33-17-15-32(16-18-33)25-9-6-10-26(19-25)37-2/h3-14,19H,15-18,20-21H2,1-2H3. The third kappa shape index (κ3) is 4.69. The molecule has 2 saturated heterocycles. The van der Waals surface area contributed by atoms with Gasteiger partial charge in [-0.3, -0.25) is 19.3 Å². The van der Waals surface area contributed by atoms with E-state index in [0.29, 0.717) is 31.7 Å². The summed E-state index contributed by atoms with van der Waals surface area (Å²) in [5.74, 6) is 0.125. The van der Waals surface area contributed by atoms with Crippen molar-refractivity contribution in [3.63, 3.8) is 0 Å². The van der Waals surface area contributed by atoms with E-state index in [1.165, 1.54) is 11.9 Å². The number of hydrogen-bond donors (Lipinski definition) is 0. The number of carbonyl (C=O) groups excluding carboxylic acids is 3. The van der Waals surface area contributed by atoms with E-state index >= 15 is 0 Å². The van der Waals surface area contributed by atoms with Crippen molar-refractivity contribution in [2.45, 2.75) is 18.3 Å². The average molecular weight is 498 g/mol. The van der Waals surface area contributed by atoms with Crippen LogP contribution in [-0.4, -0.2) is 67.9 Å². The van der Waals surface area contributed by atoms with Gasteiger partial charge in [0, 0.05) is 57.8 Å². The van der Waals surface area contributed by atoms with E-state index in [2.05, 4.69) is 4.90 Å². The first-order chi connectivity index (χ1) is 17.9. The van der Waals surface area contributed by atoms with E-state index < -0.39 is 5.41 Å². The second-order valence-corrected chi connectivity index (χ2v) is 9.71. The number of nitrogens with zero attached hydrogens (tertiary/aromatic N) is 3. The van der Waals surface area contributed by atoms with E-state index in [4.69, 9.17) is 4.74 Å². The molecule has 1 atom stereocenters. The Morgan fingerprint density at radius 3 is 2.16 bits per heavy atom. The highest BCUT2D eigenvalue weighted by Gasteiger charge is 2.53. The summed E-state index contributed by atoms with van der Waals surface area (Å²) in [6.07, 6.45) is -0.0196. The van der Waals surface area contributed by atoms with Crippen LogP contribution in [0.5, 0.6) is 5.75 Å². The Morgan fingerprint density at radius 1 is 0.865 bits per heavy atom. The molecule has 37 heavy (non-hydrogen) atoms. The van der Waals surface area contributed by atoms with Gasteiger partial charge in [-0.1, -0.05) is 60.7 Å². The summed E-state index contributed by atoms with van der Waals surface area (Å²) in [6.45, 7) is 2.48. The molecule has 7 nitrogen and oxygen atoms in total. The van der Waals surface area contributed by atoms with Gasteiger partial charge < -0.3 is 14.5 Å². The number of likely N-dealkylation sites (N-methyl/N-ethyl adjacent to an activating group) is 1. The molecule has 1 unspecified atom stereocenters. The number of amides is 3. The zero-order valence-corrected chi connectivity index (χ0v) is 21.2. The zero-order valence-electron chi connectivity index (χ0n) is 21.2. The highest BCUT2D eigenvalue weighted by molar-refractivity contribution is 6.10. The number of ether oxygens (including phenoxy) is 1. The molecule has 0 aliphatic carbocycles. The molecule has 2 aliphatic heterocycles. The fourth-order valence-electron chi connectivity index (χ4n) is 5.36. The van der Waals surface area contributed by atoms with Gasteiger partial charge in [0.1, 0.15) is 5.75 Å². The van der Waals surface area contributed by atoms with E-state index in [9.17, 15) is 14.4 Å². The Bertz CT molecular complexity index is 1300. The van der Waals surface area contributed by atoms with Crippen LogP contribution in [0, 0.1) is 0 Å². The van der Waals surface area contributed by atoms with E-state index in [1.54, 1.807) is 7.11 Å². The van der Waals surface area contributed by atoms with Crippen molar-refractivity contribution in [2.75, 3.05) is 45.2 Å². The second-order valence-electron chi connectivity index (χ2n) is 9.71. The van der Waals surface area contributed by atoms with Crippen LogP contribution < -0.4 is 9.64 Å². The van der Waals surface area contributed by atoms with Crippen molar-refractivity contribution in [3.8, 4) is 16.9 Å². The number of likely N-dealkylation sites (tertiary alicyclic amines) is 1. The fourth-order valence-corrected chi connectivity index (χ4v) is 5.36. The predicted octanol–water partition coefficient (Wildman–Crippen LogP) is 3.73. The maximum absolute atomic E-state index is 13.5. The number of hydrogen-bond acceptors (Lipinski definition) is 5. The Hall–Kier alpha value is -4.13. The lowest BCUT2D eigenvalue weighted by Gasteiger charge is -2.37. The second kappa shape index (κ2) is 10.1. The number of anilines is 1. The molecule has 0 N–H and O–H groups in total. The van der Waals surface area contributed by atoms with Crippen LogP contribution in [0.4, 0.5) is 5.69 Å². The average Bonchev–Trinajstić information content (AvgIpc) is 3.17. The molecule has 0 saturated carbocycles.